The molecule has 0 aliphatic carbocycles. The van der Waals surface area contributed by atoms with Gasteiger partial charge in [-0.1, -0.05) is 48.5 Å². The van der Waals surface area contributed by atoms with Gasteiger partial charge in [0.25, 0.3) is 5.91 Å². The molecule has 0 spiro atoms. The Morgan fingerprint density at radius 1 is 1.11 bits per heavy atom. The zero-order valence-corrected chi connectivity index (χ0v) is 16.8. The maximum atomic E-state index is 12.3. The van der Waals surface area contributed by atoms with Gasteiger partial charge in [-0.2, -0.15) is 0 Å². The molecule has 4 heteroatoms. The van der Waals surface area contributed by atoms with Crippen LogP contribution in [-0.2, 0) is 6.54 Å². The first-order valence-electron chi connectivity index (χ1n) is 10.5. The van der Waals surface area contributed by atoms with Gasteiger partial charge in [0.2, 0.25) is 0 Å². The standard InChI is InChI=1S/C24H31N3O/c1-26(16-19-8-4-2-5-9-19)17-22-18-27-13-12-21(22)14-23(27)15-25-24(28)20-10-6-3-7-11-20/h2-11,21-23H,12-18H2,1H3,(H,25,28)/t21-,22+,23+/m0/s1. The lowest BCUT2D eigenvalue weighted by atomic mass is 9.75. The molecule has 4 atom stereocenters. The van der Waals surface area contributed by atoms with Crippen molar-refractivity contribution in [2.75, 3.05) is 33.2 Å². The van der Waals surface area contributed by atoms with Crippen molar-refractivity contribution in [1.82, 2.24) is 15.1 Å². The summed E-state index contributed by atoms with van der Waals surface area (Å²) in [5, 5.41) is 3.15. The Labute approximate surface area is 168 Å². The summed E-state index contributed by atoms with van der Waals surface area (Å²) in [6, 6.07) is 20.7. The third-order valence-corrected chi connectivity index (χ3v) is 6.39. The zero-order valence-electron chi connectivity index (χ0n) is 16.8. The van der Waals surface area contributed by atoms with E-state index in [1.54, 1.807) is 0 Å². The predicted octanol–water partition coefficient (Wildman–Crippen LogP) is 3.26. The van der Waals surface area contributed by atoms with E-state index in [1.807, 2.05) is 30.3 Å². The largest absolute Gasteiger partial charge is 0.350 e. The van der Waals surface area contributed by atoms with Crippen LogP contribution in [0.3, 0.4) is 0 Å². The summed E-state index contributed by atoms with van der Waals surface area (Å²) in [5.74, 6) is 1.56. The van der Waals surface area contributed by atoms with Crippen LogP contribution in [0.15, 0.2) is 60.7 Å². The number of rotatable bonds is 7. The van der Waals surface area contributed by atoms with Crippen molar-refractivity contribution in [2.24, 2.45) is 11.8 Å². The molecule has 1 amide bonds. The van der Waals surface area contributed by atoms with Crippen LogP contribution in [0.25, 0.3) is 0 Å². The van der Waals surface area contributed by atoms with Gasteiger partial charge in [-0.3, -0.25) is 9.69 Å². The quantitative estimate of drug-likeness (QED) is 0.804. The van der Waals surface area contributed by atoms with Crippen LogP contribution in [0.2, 0.25) is 0 Å². The van der Waals surface area contributed by atoms with Gasteiger partial charge in [0, 0.05) is 37.8 Å². The highest BCUT2D eigenvalue weighted by atomic mass is 16.1. The second kappa shape index (κ2) is 8.89. The second-order valence-electron chi connectivity index (χ2n) is 8.45. The smallest absolute Gasteiger partial charge is 0.251 e. The highest BCUT2D eigenvalue weighted by Crippen LogP contribution is 2.36. The summed E-state index contributed by atoms with van der Waals surface area (Å²) in [4.78, 5) is 17.4. The van der Waals surface area contributed by atoms with Crippen LogP contribution in [-0.4, -0.2) is 55.0 Å². The average molecular weight is 378 g/mol. The molecule has 5 rings (SSSR count). The number of carbonyl (C=O) groups excluding carboxylic acids is 1. The Balaban J connectivity index is 1.26. The van der Waals surface area contributed by atoms with Gasteiger partial charge in [-0.05, 0) is 56.0 Å². The van der Waals surface area contributed by atoms with E-state index >= 15 is 0 Å². The van der Waals surface area contributed by atoms with Crippen molar-refractivity contribution in [3.63, 3.8) is 0 Å². The number of benzene rings is 2. The monoisotopic (exact) mass is 377 g/mol. The van der Waals surface area contributed by atoms with Crippen LogP contribution in [0.5, 0.6) is 0 Å². The van der Waals surface area contributed by atoms with Crippen molar-refractivity contribution in [3.8, 4) is 0 Å². The van der Waals surface area contributed by atoms with Crippen LogP contribution in [0.4, 0.5) is 0 Å². The molecule has 3 aliphatic rings. The number of carbonyl (C=O) groups is 1. The summed E-state index contributed by atoms with van der Waals surface area (Å²) in [7, 11) is 2.24. The number of hydrogen-bond donors (Lipinski definition) is 1. The van der Waals surface area contributed by atoms with Crippen LogP contribution in [0, 0.1) is 11.8 Å². The third kappa shape index (κ3) is 4.62. The molecule has 0 aromatic heterocycles. The fourth-order valence-electron chi connectivity index (χ4n) is 4.93. The fraction of sp³-hybridized carbons (Fsp3) is 0.458. The van der Waals surface area contributed by atoms with Crippen molar-refractivity contribution in [1.29, 1.82) is 0 Å². The van der Waals surface area contributed by atoms with Gasteiger partial charge in [-0.15, -0.1) is 0 Å². The number of fused-ring (bicyclic) bond motifs is 3. The molecule has 2 bridgehead atoms. The maximum absolute atomic E-state index is 12.3. The van der Waals surface area contributed by atoms with E-state index in [2.05, 4.69) is 52.5 Å². The number of piperidine rings is 3. The Morgan fingerprint density at radius 2 is 1.82 bits per heavy atom. The Hall–Kier alpha value is -2.17. The molecule has 3 fully saturated rings. The lowest BCUT2D eigenvalue weighted by molar-refractivity contribution is -0.00955. The van der Waals surface area contributed by atoms with E-state index in [9.17, 15) is 4.79 Å². The topological polar surface area (TPSA) is 35.6 Å². The van der Waals surface area contributed by atoms with Crippen LogP contribution >= 0.6 is 0 Å². The van der Waals surface area contributed by atoms with Crippen molar-refractivity contribution >= 4 is 5.91 Å². The molecule has 2 aromatic rings. The van der Waals surface area contributed by atoms with Crippen molar-refractivity contribution in [3.05, 3.63) is 71.8 Å². The van der Waals surface area contributed by atoms with Gasteiger partial charge in [0.05, 0.1) is 0 Å². The molecule has 0 saturated carbocycles. The van der Waals surface area contributed by atoms with E-state index in [0.29, 0.717) is 6.04 Å². The maximum Gasteiger partial charge on any atom is 0.251 e. The normalized spacial score (nSPS) is 26.4. The number of amides is 1. The lowest BCUT2D eigenvalue weighted by Gasteiger charge is -2.50. The van der Waals surface area contributed by atoms with Crippen molar-refractivity contribution < 1.29 is 4.79 Å². The zero-order chi connectivity index (χ0) is 19.3. The molecule has 3 saturated heterocycles. The second-order valence-corrected chi connectivity index (χ2v) is 8.45. The number of nitrogens with zero attached hydrogens (tertiary/aromatic N) is 2. The first-order valence-corrected chi connectivity index (χ1v) is 10.5. The Kier molecular flexibility index (Phi) is 6.08. The molecular formula is C24H31N3O. The van der Waals surface area contributed by atoms with Crippen molar-refractivity contribution in [2.45, 2.75) is 25.4 Å². The highest BCUT2D eigenvalue weighted by molar-refractivity contribution is 5.94. The minimum atomic E-state index is 0.0439. The first kappa shape index (κ1) is 19.2. The summed E-state index contributed by atoms with van der Waals surface area (Å²) < 4.78 is 0. The fourth-order valence-corrected chi connectivity index (χ4v) is 4.93. The first-order chi connectivity index (χ1) is 13.7. The molecule has 4 nitrogen and oxygen atoms in total. The molecule has 0 radical (unpaired) electrons. The minimum Gasteiger partial charge on any atom is -0.350 e. The van der Waals surface area contributed by atoms with Crippen LogP contribution < -0.4 is 5.32 Å². The van der Waals surface area contributed by atoms with E-state index in [0.717, 1.165) is 43.6 Å². The highest BCUT2D eigenvalue weighted by Gasteiger charge is 2.40. The van der Waals surface area contributed by atoms with E-state index in [-0.39, 0.29) is 5.91 Å². The van der Waals surface area contributed by atoms with Gasteiger partial charge in [0.15, 0.2) is 0 Å². The molecule has 148 valence electrons. The Bertz CT molecular complexity index is 764. The molecule has 2 aromatic carbocycles. The third-order valence-electron chi connectivity index (χ3n) is 6.39. The summed E-state index contributed by atoms with van der Waals surface area (Å²) in [6.07, 6.45) is 2.51. The molecule has 3 heterocycles. The SMILES string of the molecule is CN(Cc1ccccc1)C[C@@H]1CN2CC[C@H]1C[C@@H]2CNC(=O)c1ccccc1. The Morgan fingerprint density at radius 3 is 2.50 bits per heavy atom. The summed E-state index contributed by atoms with van der Waals surface area (Å²) >= 11 is 0. The van der Waals surface area contributed by atoms with E-state index < -0.39 is 0 Å². The molecule has 1 unspecified atom stereocenters. The molecule has 1 N–H and O–H groups in total. The predicted molar refractivity (Wildman–Crippen MR) is 113 cm³/mol. The minimum absolute atomic E-state index is 0.0439. The van der Waals surface area contributed by atoms with Gasteiger partial charge >= 0.3 is 0 Å². The lowest BCUT2D eigenvalue weighted by Crippen LogP contribution is -2.58. The summed E-state index contributed by atoms with van der Waals surface area (Å²) in [6.45, 7) is 5.27. The molecular weight excluding hydrogens is 346 g/mol. The van der Waals surface area contributed by atoms with Gasteiger partial charge in [0.1, 0.15) is 0 Å². The molecule has 28 heavy (non-hydrogen) atoms. The molecule has 3 aliphatic heterocycles. The van der Waals surface area contributed by atoms with E-state index in [4.69, 9.17) is 0 Å². The number of nitrogens with one attached hydrogen (secondary N) is 1. The van der Waals surface area contributed by atoms with Gasteiger partial charge in [-0.25, -0.2) is 0 Å². The van der Waals surface area contributed by atoms with E-state index in [1.165, 1.54) is 24.9 Å². The number of hydrogen-bond acceptors (Lipinski definition) is 3. The summed E-state index contributed by atoms with van der Waals surface area (Å²) in [5.41, 5.74) is 2.13. The van der Waals surface area contributed by atoms with Gasteiger partial charge < -0.3 is 10.2 Å². The van der Waals surface area contributed by atoms with Crippen LogP contribution in [0.1, 0.15) is 28.8 Å². The average Bonchev–Trinajstić information content (AvgIpc) is 2.74.